The number of carbonyl (C=O) groups excluding carboxylic acids is 1. The molecule has 1 amide bonds. The highest BCUT2D eigenvalue weighted by molar-refractivity contribution is 5.81. The van der Waals surface area contributed by atoms with Crippen LogP contribution < -0.4 is 5.73 Å². The first kappa shape index (κ1) is 15.9. The molecule has 0 unspecified atom stereocenters. The monoisotopic (exact) mass is 272 g/mol. The lowest BCUT2D eigenvalue weighted by Crippen LogP contribution is -2.48. The van der Waals surface area contributed by atoms with Crippen molar-refractivity contribution >= 4 is 11.9 Å². The zero-order valence-electron chi connectivity index (χ0n) is 11.5. The molecule has 6 nitrogen and oxygen atoms in total. The first-order chi connectivity index (χ1) is 9.04. The van der Waals surface area contributed by atoms with Gasteiger partial charge in [-0.25, -0.2) is 0 Å². The Bertz CT molecular complexity index is 301. The first-order valence-corrected chi connectivity index (χ1v) is 6.92. The van der Waals surface area contributed by atoms with Gasteiger partial charge in [-0.3, -0.25) is 9.59 Å². The minimum absolute atomic E-state index is 0.0193. The Hall–Kier alpha value is -1.14. The largest absolute Gasteiger partial charge is 0.481 e. The van der Waals surface area contributed by atoms with Crippen LogP contribution in [0.25, 0.3) is 0 Å². The Kier molecular flexibility index (Phi) is 6.80. The molecule has 1 aliphatic heterocycles. The molecule has 0 bridgehead atoms. The van der Waals surface area contributed by atoms with Gasteiger partial charge >= 0.3 is 5.97 Å². The molecule has 3 N–H and O–H groups in total. The highest BCUT2D eigenvalue weighted by Gasteiger charge is 2.26. The summed E-state index contributed by atoms with van der Waals surface area (Å²) in [4.78, 5) is 24.1. The van der Waals surface area contributed by atoms with Crippen LogP contribution in [0.3, 0.4) is 0 Å². The molecule has 0 aromatic carbocycles. The molecule has 0 aromatic rings. The summed E-state index contributed by atoms with van der Waals surface area (Å²) in [6.45, 7) is 3.54. The molecule has 19 heavy (non-hydrogen) atoms. The summed E-state index contributed by atoms with van der Waals surface area (Å²) in [6, 6.07) is -0.394. The van der Waals surface area contributed by atoms with Crippen molar-refractivity contribution in [3.05, 3.63) is 0 Å². The Balaban J connectivity index is 2.24. The molecule has 0 aliphatic carbocycles. The summed E-state index contributed by atoms with van der Waals surface area (Å²) in [6.07, 6.45) is 3.22. The van der Waals surface area contributed by atoms with E-state index in [2.05, 4.69) is 0 Å². The number of amides is 1. The van der Waals surface area contributed by atoms with E-state index in [1.807, 2.05) is 6.92 Å². The molecule has 1 rings (SSSR count). The number of hydrogen-bond acceptors (Lipinski definition) is 4. The Labute approximate surface area is 113 Å². The summed E-state index contributed by atoms with van der Waals surface area (Å²) < 4.78 is 5.48. The first-order valence-electron chi connectivity index (χ1n) is 6.92. The molecule has 0 radical (unpaired) electrons. The molecule has 1 saturated heterocycles. The minimum atomic E-state index is -0.849. The number of carboxylic acids is 1. The van der Waals surface area contributed by atoms with Crippen LogP contribution in [0.15, 0.2) is 0 Å². The summed E-state index contributed by atoms with van der Waals surface area (Å²) >= 11 is 0. The van der Waals surface area contributed by atoms with Crippen molar-refractivity contribution in [1.29, 1.82) is 0 Å². The van der Waals surface area contributed by atoms with Gasteiger partial charge in [-0.1, -0.05) is 13.3 Å². The predicted molar refractivity (Wildman–Crippen MR) is 70.7 cm³/mol. The van der Waals surface area contributed by atoms with Gasteiger partial charge in [-0.15, -0.1) is 0 Å². The van der Waals surface area contributed by atoms with Crippen molar-refractivity contribution in [2.24, 2.45) is 5.73 Å². The van der Waals surface area contributed by atoms with Gasteiger partial charge in [0.1, 0.15) is 0 Å². The van der Waals surface area contributed by atoms with E-state index in [0.717, 1.165) is 19.3 Å². The van der Waals surface area contributed by atoms with Gasteiger partial charge in [0.05, 0.1) is 25.2 Å². The van der Waals surface area contributed by atoms with Gasteiger partial charge in [-0.2, -0.15) is 0 Å². The Morgan fingerprint density at radius 1 is 1.42 bits per heavy atom. The number of likely N-dealkylation sites (tertiary alicyclic amines) is 1. The number of piperidine rings is 1. The lowest BCUT2D eigenvalue weighted by Gasteiger charge is -2.33. The summed E-state index contributed by atoms with van der Waals surface area (Å²) in [5, 5.41) is 8.52. The molecule has 0 aromatic heterocycles. The van der Waals surface area contributed by atoms with Gasteiger partial charge in [0.25, 0.3) is 0 Å². The molecular formula is C13H24N2O4. The van der Waals surface area contributed by atoms with E-state index in [1.165, 1.54) is 0 Å². The molecular weight excluding hydrogens is 248 g/mol. The molecule has 1 heterocycles. The number of ether oxygens (including phenoxy) is 1. The quantitative estimate of drug-likeness (QED) is 0.708. The number of carboxylic acid groups (broad SMARTS) is 1. The van der Waals surface area contributed by atoms with Gasteiger partial charge in [0.15, 0.2) is 0 Å². The van der Waals surface area contributed by atoms with E-state index >= 15 is 0 Å². The molecule has 0 spiro atoms. The Morgan fingerprint density at radius 3 is 2.58 bits per heavy atom. The average molecular weight is 272 g/mol. The second kappa shape index (κ2) is 8.12. The Morgan fingerprint density at radius 2 is 2.05 bits per heavy atom. The smallest absolute Gasteiger partial charge is 0.305 e. The molecule has 6 heteroatoms. The average Bonchev–Trinajstić information content (AvgIpc) is 2.38. The van der Waals surface area contributed by atoms with Crippen molar-refractivity contribution < 1.29 is 19.4 Å². The van der Waals surface area contributed by atoms with Crippen LogP contribution in [0.4, 0.5) is 0 Å². The summed E-state index contributed by atoms with van der Waals surface area (Å²) in [5.74, 6) is -0.830. The summed E-state index contributed by atoms with van der Waals surface area (Å²) in [5.41, 5.74) is 5.82. The van der Waals surface area contributed by atoms with Crippen molar-refractivity contribution in [2.75, 3.05) is 19.7 Å². The number of hydrogen-bond donors (Lipinski definition) is 2. The molecule has 1 fully saturated rings. The third-order valence-corrected chi connectivity index (χ3v) is 3.34. The van der Waals surface area contributed by atoms with Crippen LogP contribution in [-0.2, 0) is 14.3 Å². The molecule has 1 atom stereocenters. The van der Waals surface area contributed by atoms with Crippen LogP contribution in [0, 0.1) is 0 Å². The molecule has 110 valence electrons. The van der Waals surface area contributed by atoms with E-state index in [9.17, 15) is 9.59 Å². The lowest BCUT2D eigenvalue weighted by molar-refractivity contribution is -0.139. The summed E-state index contributed by atoms with van der Waals surface area (Å²) in [7, 11) is 0. The number of carbonyl (C=O) groups is 2. The topological polar surface area (TPSA) is 92.9 Å². The zero-order chi connectivity index (χ0) is 14.3. The molecule has 1 aliphatic rings. The van der Waals surface area contributed by atoms with E-state index in [1.54, 1.807) is 4.90 Å². The highest BCUT2D eigenvalue weighted by atomic mass is 16.5. The SMILES string of the molecule is CCC[C@@H](N)C(=O)N1CCC(OCCC(=O)O)CC1. The van der Waals surface area contributed by atoms with Gasteiger partial charge in [0.2, 0.25) is 5.91 Å². The van der Waals surface area contributed by atoms with Crippen molar-refractivity contribution in [3.63, 3.8) is 0 Å². The fraction of sp³-hybridized carbons (Fsp3) is 0.846. The number of aliphatic carboxylic acids is 1. The van der Waals surface area contributed by atoms with Crippen LogP contribution in [0.5, 0.6) is 0 Å². The van der Waals surface area contributed by atoms with E-state index < -0.39 is 12.0 Å². The third-order valence-electron chi connectivity index (χ3n) is 3.34. The normalized spacial score (nSPS) is 18.3. The molecule has 0 saturated carbocycles. The maximum absolute atomic E-state index is 12.0. The number of rotatable bonds is 7. The zero-order valence-corrected chi connectivity index (χ0v) is 11.5. The second-order valence-corrected chi connectivity index (χ2v) is 4.93. The minimum Gasteiger partial charge on any atom is -0.481 e. The maximum atomic E-state index is 12.0. The van der Waals surface area contributed by atoms with Gasteiger partial charge in [0, 0.05) is 13.1 Å². The van der Waals surface area contributed by atoms with E-state index in [4.69, 9.17) is 15.6 Å². The number of nitrogens with zero attached hydrogens (tertiary/aromatic N) is 1. The van der Waals surface area contributed by atoms with Gasteiger partial charge < -0.3 is 20.5 Å². The van der Waals surface area contributed by atoms with E-state index in [-0.39, 0.29) is 25.0 Å². The second-order valence-electron chi connectivity index (χ2n) is 4.93. The van der Waals surface area contributed by atoms with Crippen molar-refractivity contribution in [1.82, 2.24) is 4.90 Å². The predicted octanol–water partition coefficient (Wildman–Crippen LogP) is 0.596. The van der Waals surface area contributed by atoms with Crippen LogP contribution >= 0.6 is 0 Å². The fourth-order valence-corrected chi connectivity index (χ4v) is 2.22. The lowest BCUT2D eigenvalue weighted by atomic mass is 10.1. The maximum Gasteiger partial charge on any atom is 0.305 e. The third kappa shape index (κ3) is 5.57. The van der Waals surface area contributed by atoms with Crippen LogP contribution in [-0.4, -0.2) is 53.7 Å². The number of nitrogens with two attached hydrogens (primary N) is 1. The van der Waals surface area contributed by atoms with Crippen LogP contribution in [0.2, 0.25) is 0 Å². The highest BCUT2D eigenvalue weighted by Crippen LogP contribution is 2.15. The van der Waals surface area contributed by atoms with E-state index in [0.29, 0.717) is 19.5 Å². The standard InChI is InChI=1S/C13H24N2O4/c1-2-3-11(14)13(18)15-7-4-10(5-8-15)19-9-6-12(16)17/h10-11H,2-9,14H2,1H3,(H,16,17)/t11-/m1/s1. The fourth-order valence-electron chi connectivity index (χ4n) is 2.22. The van der Waals surface area contributed by atoms with Crippen molar-refractivity contribution in [3.8, 4) is 0 Å². The van der Waals surface area contributed by atoms with Gasteiger partial charge in [-0.05, 0) is 19.3 Å². The van der Waals surface area contributed by atoms with Crippen molar-refractivity contribution in [2.45, 2.75) is 51.2 Å². The van der Waals surface area contributed by atoms with Crippen LogP contribution in [0.1, 0.15) is 39.0 Å².